The van der Waals surface area contributed by atoms with Crippen LogP contribution in [0.1, 0.15) is 21.7 Å². The van der Waals surface area contributed by atoms with Crippen molar-refractivity contribution in [2.24, 2.45) is 5.73 Å². The van der Waals surface area contributed by atoms with E-state index >= 15 is 0 Å². The van der Waals surface area contributed by atoms with E-state index in [1.165, 1.54) is 19.2 Å². The molecule has 0 spiro atoms. The molecule has 11 heteroatoms. The molecule has 0 aliphatic rings. The van der Waals surface area contributed by atoms with E-state index in [0.717, 1.165) is 10.7 Å². The fourth-order valence-corrected chi connectivity index (χ4v) is 2.63. The molecule has 2 heterocycles. The topological polar surface area (TPSA) is 98.7 Å². The van der Waals surface area contributed by atoms with Crippen LogP contribution < -0.4 is 11.1 Å². The molecule has 27 heavy (non-hydrogen) atoms. The SMILES string of the molecule is Cc1cc(C(F)(F)F)nn1-c1nc(Nc2cccc(C(N)=O)c2)ncc1Br. The van der Waals surface area contributed by atoms with Gasteiger partial charge in [-0.3, -0.25) is 4.79 Å². The molecule has 0 aliphatic heterocycles. The number of carbonyl (C=O) groups is 1. The Labute approximate surface area is 159 Å². The minimum atomic E-state index is -4.56. The number of hydrogen-bond acceptors (Lipinski definition) is 5. The molecule has 2 aromatic heterocycles. The van der Waals surface area contributed by atoms with Crippen LogP contribution in [0.4, 0.5) is 24.8 Å². The van der Waals surface area contributed by atoms with Crippen LogP contribution in [0.3, 0.4) is 0 Å². The van der Waals surface area contributed by atoms with E-state index in [1.54, 1.807) is 18.2 Å². The maximum atomic E-state index is 12.9. The third-order valence-corrected chi connectivity index (χ3v) is 4.07. The number of aromatic nitrogens is 4. The number of halogens is 4. The number of carbonyl (C=O) groups excluding carboxylic acids is 1. The Bertz CT molecular complexity index is 1020. The fraction of sp³-hybridized carbons (Fsp3) is 0.125. The Morgan fingerprint density at radius 1 is 1.30 bits per heavy atom. The molecule has 1 aromatic carbocycles. The lowest BCUT2D eigenvalue weighted by molar-refractivity contribution is -0.141. The van der Waals surface area contributed by atoms with Crippen molar-refractivity contribution >= 4 is 33.5 Å². The van der Waals surface area contributed by atoms with Crippen molar-refractivity contribution in [1.29, 1.82) is 0 Å². The number of nitrogens with one attached hydrogen (secondary N) is 1. The first-order valence-electron chi connectivity index (χ1n) is 7.49. The van der Waals surface area contributed by atoms with Crippen LogP contribution in [-0.4, -0.2) is 25.7 Å². The van der Waals surface area contributed by atoms with Crippen LogP contribution in [0.25, 0.3) is 5.82 Å². The summed E-state index contributed by atoms with van der Waals surface area (Å²) in [5, 5.41) is 6.46. The van der Waals surface area contributed by atoms with Crippen LogP contribution >= 0.6 is 15.9 Å². The second-order valence-corrected chi connectivity index (χ2v) is 6.37. The first-order valence-corrected chi connectivity index (χ1v) is 8.28. The Morgan fingerprint density at radius 2 is 2.04 bits per heavy atom. The van der Waals surface area contributed by atoms with Gasteiger partial charge in [0.25, 0.3) is 0 Å². The van der Waals surface area contributed by atoms with E-state index in [2.05, 4.69) is 36.3 Å². The molecule has 3 rings (SSSR count). The van der Waals surface area contributed by atoms with E-state index in [-0.39, 0.29) is 23.0 Å². The molecule has 3 N–H and O–H groups in total. The summed E-state index contributed by atoms with van der Waals surface area (Å²) in [6, 6.07) is 7.27. The van der Waals surface area contributed by atoms with E-state index in [0.29, 0.717) is 10.2 Å². The molecule has 0 bridgehead atoms. The second kappa shape index (κ2) is 6.99. The molecule has 0 unspecified atom stereocenters. The van der Waals surface area contributed by atoms with Crippen LogP contribution in [0.5, 0.6) is 0 Å². The summed E-state index contributed by atoms with van der Waals surface area (Å²) in [5.41, 5.74) is 5.26. The molecular formula is C16H12BrF3N6O. The number of anilines is 2. The monoisotopic (exact) mass is 440 g/mol. The fourth-order valence-electron chi connectivity index (χ4n) is 2.27. The zero-order valence-corrected chi connectivity index (χ0v) is 15.3. The summed E-state index contributed by atoms with van der Waals surface area (Å²) in [6.45, 7) is 1.49. The minimum absolute atomic E-state index is 0.110. The highest BCUT2D eigenvalue weighted by Gasteiger charge is 2.34. The van der Waals surface area contributed by atoms with Gasteiger partial charge in [-0.1, -0.05) is 6.07 Å². The molecular weight excluding hydrogens is 429 g/mol. The van der Waals surface area contributed by atoms with Crippen molar-refractivity contribution in [3.63, 3.8) is 0 Å². The maximum absolute atomic E-state index is 12.9. The highest BCUT2D eigenvalue weighted by molar-refractivity contribution is 9.10. The van der Waals surface area contributed by atoms with Gasteiger partial charge in [0, 0.05) is 23.1 Å². The average molecular weight is 441 g/mol. The molecule has 0 atom stereocenters. The molecule has 0 saturated carbocycles. The van der Waals surface area contributed by atoms with Crippen LogP contribution in [0, 0.1) is 6.92 Å². The van der Waals surface area contributed by atoms with Gasteiger partial charge in [-0.05, 0) is 47.1 Å². The van der Waals surface area contributed by atoms with Gasteiger partial charge >= 0.3 is 6.18 Å². The first kappa shape index (κ1) is 18.8. The number of amides is 1. The predicted octanol–water partition coefficient (Wildman–Crippen LogP) is 3.59. The zero-order valence-electron chi connectivity index (χ0n) is 13.8. The molecule has 140 valence electrons. The molecule has 1 amide bonds. The van der Waals surface area contributed by atoms with Crippen LogP contribution in [-0.2, 0) is 6.18 Å². The quantitative estimate of drug-likeness (QED) is 0.645. The second-order valence-electron chi connectivity index (χ2n) is 5.52. The van der Waals surface area contributed by atoms with E-state index in [1.807, 2.05) is 0 Å². The zero-order chi connectivity index (χ0) is 19.8. The van der Waals surface area contributed by atoms with Gasteiger partial charge in [-0.25, -0.2) is 9.67 Å². The standard InChI is InChI=1S/C16H12BrF3N6O/c1-8-5-12(16(18,19)20)25-26(8)14-11(17)7-22-15(24-14)23-10-4-2-3-9(6-10)13(21)27/h2-7H,1H3,(H2,21,27)(H,22,23,24). The highest BCUT2D eigenvalue weighted by atomic mass is 79.9. The number of nitrogens with zero attached hydrogens (tertiary/aromatic N) is 4. The molecule has 7 nitrogen and oxygen atoms in total. The smallest absolute Gasteiger partial charge is 0.366 e. The van der Waals surface area contributed by atoms with Gasteiger partial charge in [-0.2, -0.15) is 23.3 Å². The Kier molecular flexibility index (Phi) is 4.87. The Morgan fingerprint density at radius 3 is 2.67 bits per heavy atom. The molecule has 0 saturated heterocycles. The van der Waals surface area contributed by atoms with Gasteiger partial charge in [0.15, 0.2) is 11.5 Å². The summed E-state index contributed by atoms with van der Waals surface area (Å²) in [4.78, 5) is 19.6. The van der Waals surface area contributed by atoms with Gasteiger partial charge in [0.05, 0.1) is 4.47 Å². The minimum Gasteiger partial charge on any atom is -0.366 e. The van der Waals surface area contributed by atoms with Crippen molar-refractivity contribution < 1.29 is 18.0 Å². The van der Waals surface area contributed by atoms with Crippen molar-refractivity contribution in [2.45, 2.75) is 13.1 Å². The van der Waals surface area contributed by atoms with Crippen LogP contribution in [0.2, 0.25) is 0 Å². The number of primary amides is 1. The Balaban J connectivity index is 1.97. The summed E-state index contributed by atoms with van der Waals surface area (Å²) in [7, 11) is 0. The van der Waals surface area contributed by atoms with E-state index in [9.17, 15) is 18.0 Å². The number of rotatable bonds is 4. The average Bonchev–Trinajstić information content (AvgIpc) is 2.99. The normalized spacial score (nSPS) is 11.4. The summed E-state index contributed by atoms with van der Waals surface area (Å²) in [5.74, 6) is -0.354. The van der Waals surface area contributed by atoms with Crippen molar-refractivity contribution in [3.8, 4) is 5.82 Å². The van der Waals surface area contributed by atoms with Crippen molar-refractivity contribution in [2.75, 3.05) is 5.32 Å². The van der Waals surface area contributed by atoms with Crippen LogP contribution in [0.15, 0.2) is 41.0 Å². The van der Waals surface area contributed by atoms with E-state index < -0.39 is 17.8 Å². The molecule has 0 fully saturated rings. The summed E-state index contributed by atoms with van der Waals surface area (Å²) in [6.07, 6.45) is -3.18. The lowest BCUT2D eigenvalue weighted by Crippen LogP contribution is -2.11. The predicted molar refractivity (Wildman–Crippen MR) is 94.8 cm³/mol. The number of nitrogens with two attached hydrogens (primary N) is 1. The number of hydrogen-bond donors (Lipinski definition) is 2. The number of benzene rings is 1. The van der Waals surface area contributed by atoms with Crippen molar-refractivity contribution in [3.05, 3.63) is 58.0 Å². The lowest BCUT2D eigenvalue weighted by Gasteiger charge is -2.10. The van der Waals surface area contributed by atoms with Gasteiger partial charge in [0.1, 0.15) is 0 Å². The third-order valence-electron chi connectivity index (χ3n) is 3.51. The summed E-state index contributed by atoms with van der Waals surface area (Å²) >= 11 is 3.22. The van der Waals surface area contributed by atoms with Gasteiger partial charge in [-0.15, -0.1) is 0 Å². The highest BCUT2D eigenvalue weighted by Crippen LogP contribution is 2.30. The molecule has 3 aromatic rings. The molecule has 0 radical (unpaired) electrons. The first-order chi connectivity index (χ1) is 12.6. The third kappa shape index (κ3) is 4.08. The Hall–Kier alpha value is -2.95. The maximum Gasteiger partial charge on any atom is 0.435 e. The van der Waals surface area contributed by atoms with Crippen molar-refractivity contribution in [1.82, 2.24) is 19.7 Å². The largest absolute Gasteiger partial charge is 0.435 e. The number of alkyl halides is 3. The van der Waals surface area contributed by atoms with Gasteiger partial charge < -0.3 is 11.1 Å². The summed E-state index contributed by atoms with van der Waals surface area (Å²) < 4.78 is 40.1. The molecule has 0 aliphatic carbocycles. The van der Waals surface area contributed by atoms with Gasteiger partial charge in [0.2, 0.25) is 11.9 Å². The number of aryl methyl sites for hydroxylation is 1. The van der Waals surface area contributed by atoms with E-state index in [4.69, 9.17) is 5.73 Å². The lowest BCUT2D eigenvalue weighted by atomic mass is 10.2.